The van der Waals surface area contributed by atoms with Gasteiger partial charge in [0, 0.05) is 38.0 Å². The van der Waals surface area contributed by atoms with Gasteiger partial charge < -0.3 is 15.1 Å². The number of rotatable bonds is 5. The van der Waals surface area contributed by atoms with Gasteiger partial charge in [-0.3, -0.25) is 4.79 Å². The summed E-state index contributed by atoms with van der Waals surface area (Å²) in [4.78, 5) is 22.5. The number of nitrogens with one attached hydrogen (secondary N) is 2. The molecular formula is C16H20N2O3. The second-order valence-corrected chi connectivity index (χ2v) is 5.13. The Kier molecular flexibility index (Phi) is 4.75. The van der Waals surface area contributed by atoms with E-state index in [1.54, 1.807) is 0 Å². The van der Waals surface area contributed by atoms with Crippen LogP contribution in [-0.2, 0) is 11.3 Å². The van der Waals surface area contributed by atoms with Crippen molar-refractivity contribution in [3.05, 3.63) is 45.3 Å². The molecule has 0 aliphatic heterocycles. The van der Waals surface area contributed by atoms with Crippen LogP contribution in [0.5, 0.6) is 0 Å². The largest absolute Gasteiger partial charge is 0.422 e. The first-order chi connectivity index (χ1) is 9.99. The normalized spacial score (nSPS) is 10.8. The van der Waals surface area contributed by atoms with Gasteiger partial charge in [-0.05, 0) is 30.5 Å². The minimum absolute atomic E-state index is 0.0475. The summed E-state index contributed by atoms with van der Waals surface area (Å²) in [5, 5.41) is 6.88. The number of hydrogen-bond acceptors (Lipinski definition) is 4. The molecule has 0 aliphatic carbocycles. The number of fused-ring (bicyclic) bond motifs is 1. The SMILES string of the molecule is CC(=O)NCCNCc1cc(=O)oc2c(C)c(C)ccc12. The molecule has 1 aromatic carbocycles. The first-order valence-corrected chi connectivity index (χ1v) is 6.97. The van der Waals surface area contributed by atoms with Crippen molar-refractivity contribution in [1.29, 1.82) is 0 Å². The lowest BCUT2D eigenvalue weighted by Gasteiger charge is -2.10. The van der Waals surface area contributed by atoms with Crippen LogP contribution in [0.3, 0.4) is 0 Å². The summed E-state index contributed by atoms with van der Waals surface area (Å²) in [6.45, 7) is 7.20. The van der Waals surface area contributed by atoms with Gasteiger partial charge in [0.25, 0.3) is 0 Å². The second-order valence-electron chi connectivity index (χ2n) is 5.13. The third kappa shape index (κ3) is 3.70. The van der Waals surface area contributed by atoms with Crippen LogP contribution in [0.1, 0.15) is 23.6 Å². The molecule has 0 saturated carbocycles. The Labute approximate surface area is 123 Å². The molecule has 0 bridgehead atoms. The third-order valence-corrected chi connectivity index (χ3v) is 3.51. The van der Waals surface area contributed by atoms with Crippen molar-refractivity contribution in [2.24, 2.45) is 0 Å². The molecule has 5 nitrogen and oxygen atoms in total. The van der Waals surface area contributed by atoms with Crippen molar-refractivity contribution >= 4 is 16.9 Å². The highest BCUT2D eigenvalue weighted by Gasteiger charge is 2.09. The number of carbonyl (C=O) groups is 1. The summed E-state index contributed by atoms with van der Waals surface area (Å²) in [6.07, 6.45) is 0. The quantitative estimate of drug-likeness (QED) is 0.648. The summed E-state index contributed by atoms with van der Waals surface area (Å²) in [5.41, 5.74) is 3.31. The van der Waals surface area contributed by atoms with E-state index < -0.39 is 0 Å². The number of carbonyl (C=O) groups excluding carboxylic acids is 1. The van der Waals surface area contributed by atoms with Gasteiger partial charge in [0.2, 0.25) is 5.91 Å². The van der Waals surface area contributed by atoms with Crippen molar-refractivity contribution in [2.45, 2.75) is 27.3 Å². The van der Waals surface area contributed by atoms with Crippen LogP contribution in [0.15, 0.2) is 27.4 Å². The van der Waals surface area contributed by atoms with Crippen molar-refractivity contribution in [3.8, 4) is 0 Å². The Bertz CT molecular complexity index is 719. The molecule has 2 aromatic rings. The standard InChI is InChI=1S/C16H20N2O3/c1-10-4-5-14-13(9-17-6-7-18-12(3)19)8-15(20)21-16(14)11(10)2/h4-5,8,17H,6-7,9H2,1-3H3,(H,18,19). The summed E-state index contributed by atoms with van der Waals surface area (Å²) >= 11 is 0. The highest BCUT2D eigenvalue weighted by atomic mass is 16.4. The van der Waals surface area contributed by atoms with E-state index in [0.29, 0.717) is 25.2 Å². The van der Waals surface area contributed by atoms with Gasteiger partial charge in [-0.25, -0.2) is 4.79 Å². The lowest BCUT2D eigenvalue weighted by molar-refractivity contribution is -0.118. The van der Waals surface area contributed by atoms with Gasteiger partial charge in [-0.15, -0.1) is 0 Å². The van der Waals surface area contributed by atoms with Gasteiger partial charge >= 0.3 is 5.63 Å². The van der Waals surface area contributed by atoms with Gasteiger partial charge in [0.15, 0.2) is 0 Å². The summed E-state index contributed by atoms with van der Waals surface area (Å²) in [5.74, 6) is -0.0475. The van der Waals surface area contributed by atoms with Gasteiger partial charge in [-0.2, -0.15) is 0 Å². The average molecular weight is 288 g/mol. The Hall–Kier alpha value is -2.14. The lowest BCUT2D eigenvalue weighted by Crippen LogP contribution is -2.30. The molecule has 0 saturated heterocycles. The van der Waals surface area contributed by atoms with Crippen LogP contribution in [0, 0.1) is 13.8 Å². The molecular weight excluding hydrogens is 268 g/mol. The fourth-order valence-corrected chi connectivity index (χ4v) is 2.22. The highest BCUT2D eigenvalue weighted by molar-refractivity contribution is 5.83. The number of hydrogen-bond donors (Lipinski definition) is 2. The van der Waals surface area contributed by atoms with E-state index >= 15 is 0 Å². The first-order valence-electron chi connectivity index (χ1n) is 6.97. The average Bonchev–Trinajstić information content (AvgIpc) is 2.42. The molecule has 112 valence electrons. The topological polar surface area (TPSA) is 71.3 Å². The van der Waals surface area contributed by atoms with Crippen LogP contribution in [0.25, 0.3) is 11.0 Å². The van der Waals surface area contributed by atoms with Gasteiger partial charge in [0.05, 0.1) is 0 Å². The molecule has 0 fully saturated rings. The molecule has 2 N–H and O–H groups in total. The summed E-state index contributed by atoms with van der Waals surface area (Å²) in [7, 11) is 0. The number of aryl methyl sites for hydroxylation is 2. The van der Waals surface area contributed by atoms with Crippen LogP contribution >= 0.6 is 0 Å². The molecule has 5 heteroatoms. The minimum Gasteiger partial charge on any atom is -0.422 e. The molecule has 1 aromatic heterocycles. The fourth-order valence-electron chi connectivity index (χ4n) is 2.22. The molecule has 1 amide bonds. The third-order valence-electron chi connectivity index (χ3n) is 3.51. The number of amides is 1. The van der Waals surface area contributed by atoms with E-state index in [1.165, 1.54) is 13.0 Å². The monoisotopic (exact) mass is 288 g/mol. The Morgan fingerprint density at radius 1 is 1.24 bits per heavy atom. The minimum atomic E-state index is -0.338. The zero-order valence-electron chi connectivity index (χ0n) is 12.6. The Morgan fingerprint density at radius 2 is 2.00 bits per heavy atom. The molecule has 1 heterocycles. The van der Waals surface area contributed by atoms with Crippen LogP contribution in [0.2, 0.25) is 0 Å². The Morgan fingerprint density at radius 3 is 2.71 bits per heavy atom. The van der Waals surface area contributed by atoms with Crippen LogP contribution in [-0.4, -0.2) is 19.0 Å². The maximum atomic E-state index is 11.7. The van der Waals surface area contributed by atoms with Crippen molar-refractivity contribution in [3.63, 3.8) is 0 Å². The maximum absolute atomic E-state index is 11.7. The molecule has 0 atom stereocenters. The highest BCUT2D eigenvalue weighted by Crippen LogP contribution is 2.22. The molecule has 0 unspecified atom stereocenters. The lowest BCUT2D eigenvalue weighted by atomic mass is 10.0. The van der Waals surface area contributed by atoms with Crippen molar-refractivity contribution < 1.29 is 9.21 Å². The zero-order valence-corrected chi connectivity index (χ0v) is 12.6. The first kappa shape index (κ1) is 15.3. The molecule has 0 aliphatic rings. The molecule has 0 spiro atoms. The predicted octanol–water partition coefficient (Wildman–Crippen LogP) is 1.64. The van der Waals surface area contributed by atoms with Crippen molar-refractivity contribution in [2.75, 3.05) is 13.1 Å². The van der Waals surface area contributed by atoms with E-state index in [1.807, 2.05) is 26.0 Å². The summed E-state index contributed by atoms with van der Waals surface area (Å²) < 4.78 is 5.33. The Balaban J connectivity index is 2.18. The summed E-state index contributed by atoms with van der Waals surface area (Å²) in [6, 6.07) is 5.52. The van der Waals surface area contributed by atoms with E-state index in [2.05, 4.69) is 10.6 Å². The van der Waals surface area contributed by atoms with Crippen LogP contribution < -0.4 is 16.3 Å². The van der Waals surface area contributed by atoms with E-state index in [0.717, 1.165) is 22.1 Å². The predicted molar refractivity (Wildman–Crippen MR) is 82.3 cm³/mol. The zero-order chi connectivity index (χ0) is 15.4. The molecule has 2 rings (SSSR count). The van der Waals surface area contributed by atoms with E-state index in [9.17, 15) is 9.59 Å². The molecule has 0 radical (unpaired) electrons. The maximum Gasteiger partial charge on any atom is 0.336 e. The fraction of sp³-hybridized carbons (Fsp3) is 0.375. The van der Waals surface area contributed by atoms with Crippen LogP contribution in [0.4, 0.5) is 0 Å². The van der Waals surface area contributed by atoms with Crippen molar-refractivity contribution in [1.82, 2.24) is 10.6 Å². The van der Waals surface area contributed by atoms with Gasteiger partial charge in [-0.1, -0.05) is 12.1 Å². The second kappa shape index (κ2) is 6.54. The van der Waals surface area contributed by atoms with Gasteiger partial charge in [0.1, 0.15) is 5.58 Å². The smallest absolute Gasteiger partial charge is 0.336 e. The van der Waals surface area contributed by atoms with E-state index in [4.69, 9.17) is 4.42 Å². The van der Waals surface area contributed by atoms with E-state index in [-0.39, 0.29) is 11.5 Å². The number of benzene rings is 1. The molecule has 21 heavy (non-hydrogen) atoms.